The normalized spacial score (nSPS) is 18.3. The van der Waals surface area contributed by atoms with Crippen LogP contribution in [-0.2, 0) is 11.2 Å². The number of nitrogens with zero attached hydrogens (tertiary/aromatic N) is 2. The zero-order chi connectivity index (χ0) is 20.7. The van der Waals surface area contributed by atoms with Gasteiger partial charge in [0.25, 0.3) is 5.69 Å². The number of carbonyl (C=O) groups is 1. The van der Waals surface area contributed by atoms with E-state index in [1.54, 1.807) is 6.07 Å². The first-order valence-electron chi connectivity index (χ1n) is 10.3. The molecule has 1 atom stereocenters. The first-order chi connectivity index (χ1) is 14.6. The highest BCUT2D eigenvalue weighted by Gasteiger charge is 2.39. The summed E-state index contributed by atoms with van der Waals surface area (Å²) in [6.07, 6.45) is 4.86. The Bertz CT molecular complexity index is 1000. The van der Waals surface area contributed by atoms with Crippen molar-refractivity contribution in [1.29, 1.82) is 0 Å². The van der Waals surface area contributed by atoms with E-state index in [0.717, 1.165) is 43.4 Å². The maximum Gasteiger partial charge on any atom is 0.279 e. The molecule has 3 aliphatic rings. The average molecular weight is 409 g/mol. The second-order valence-electron chi connectivity index (χ2n) is 7.99. The summed E-state index contributed by atoms with van der Waals surface area (Å²) in [5, 5.41) is 15.1. The van der Waals surface area contributed by atoms with Gasteiger partial charge in [-0.15, -0.1) is 0 Å². The van der Waals surface area contributed by atoms with Crippen LogP contribution in [0, 0.1) is 10.1 Å². The molecule has 0 unspecified atom stereocenters. The van der Waals surface area contributed by atoms with Gasteiger partial charge in [-0.25, -0.2) is 0 Å². The summed E-state index contributed by atoms with van der Waals surface area (Å²) in [5.74, 6) is 0.560. The minimum absolute atomic E-state index is 0.0153. The van der Waals surface area contributed by atoms with Gasteiger partial charge >= 0.3 is 0 Å². The number of anilines is 1. The summed E-state index contributed by atoms with van der Waals surface area (Å²) in [6, 6.07) is 10.2. The summed E-state index contributed by atoms with van der Waals surface area (Å²) in [5.41, 5.74) is 2.28. The third-order valence-electron chi connectivity index (χ3n) is 6.20. The van der Waals surface area contributed by atoms with E-state index in [2.05, 4.69) is 5.32 Å². The number of nitrogens with one attached hydrogen (secondary N) is 1. The number of carbonyl (C=O) groups excluding carboxylic acids is 1. The molecule has 2 aromatic rings. The molecule has 0 saturated heterocycles. The number of para-hydroxylation sites is 1. The van der Waals surface area contributed by atoms with Crippen molar-refractivity contribution in [1.82, 2.24) is 5.32 Å². The van der Waals surface area contributed by atoms with Gasteiger partial charge in [-0.1, -0.05) is 31.0 Å². The van der Waals surface area contributed by atoms with Crippen LogP contribution in [0.5, 0.6) is 11.5 Å². The lowest BCUT2D eigenvalue weighted by Crippen LogP contribution is -2.43. The first kappa shape index (κ1) is 18.7. The lowest BCUT2D eigenvalue weighted by atomic mass is 10.00. The molecule has 1 saturated carbocycles. The van der Waals surface area contributed by atoms with E-state index in [1.807, 2.05) is 29.2 Å². The third-order valence-corrected chi connectivity index (χ3v) is 6.20. The monoisotopic (exact) mass is 409 g/mol. The minimum atomic E-state index is -0.816. The second-order valence-corrected chi connectivity index (χ2v) is 7.99. The topological polar surface area (TPSA) is 93.9 Å². The number of hydrogen-bond donors (Lipinski definition) is 1. The molecule has 0 bridgehead atoms. The maximum absolute atomic E-state index is 13.5. The first-order valence-corrected chi connectivity index (χ1v) is 10.3. The standard InChI is InChI=1S/C22H23N3O5/c26-22(23-15-6-2-3-7-15)21(24-10-9-14-5-1-4-8-17(14)24)16-11-19-20(30-13-29-19)12-18(16)25(27)28/h1,4-5,8,11-12,15,21H,2-3,6-7,9-10,13H2,(H,23,26)/t21-/m1/s1. The highest BCUT2D eigenvalue weighted by atomic mass is 16.7. The fourth-order valence-corrected chi connectivity index (χ4v) is 4.76. The van der Waals surface area contributed by atoms with E-state index in [4.69, 9.17) is 9.47 Å². The Morgan fingerprint density at radius 2 is 1.90 bits per heavy atom. The van der Waals surface area contributed by atoms with Crippen molar-refractivity contribution in [2.24, 2.45) is 0 Å². The molecule has 1 N–H and O–H groups in total. The Kier molecular flexibility index (Phi) is 4.69. The zero-order valence-corrected chi connectivity index (χ0v) is 16.5. The number of rotatable bonds is 5. The molecular weight excluding hydrogens is 386 g/mol. The molecule has 0 aromatic heterocycles. The van der Waals surface area contributed by atoms with E-state index in [9.17, 15) is 14.9 Å². The predicted molar refractivity (Wildman–Crippen MR) is 110 cm³/mol. The molecule has 156 valence electrons. The highest BCUT2D eigenvalue weighted by Crippen LogP contribution is 2.44. The Morgan fingerprint density at radius 3 is 2.67 bits per heavy atom. The van der Waals surface area contributed by atoms with Crippen LogP contribution in [0.15, 0.2) is 36.4 Å². The number of nitro benzene ring substituents is 1. The Morgan fingerprint density at radius 1 is 1.17 bits per heavy atom. The van der Waals surface area contributed by atoms with E-state index in [0.29, 0.717) is 23.6 Å². The molecule has 2 aromatic carbocycles. The van der Waals surface area contributed by atoms with E-state index in [1.165, 1.54) is 6.07 Å². The van der Waals surface area contributed by atoms with Gasteiger partial charge in [0.1, 0.15) is 6.04 Å². The van der Waals surface area contributed by atoms with Gasteiger partial charge in [0.15, 0.2) is 11.5 Å². The number of benzene rings is 2. The van der Waals surface area contributed by atoms with Crippen LogP contribution in [0.2, 0.25) is 0 Å². The summed E-state index contributed by atoms with van der Waals surface area (Å²) < 4.78 is 10.8. The molecule has 2 heterocycles. The van der Waals surface area contributed by atoms with Crippen molar-refractivity contribution in [3.05, 3.63) is 57.6 Å². The molecule has 0 radical (unpaired) electrons. The van der Waals surface area contributed by atoms with Crippen LogP contribution < -0.4 is 19.7 Å². The van der Waals surface area contributed by atoms with Gasteiger partial charge in [0, 0.05) is 18.3 Å². The van der Waals surface area contributed by atoms with Crippen molar-refractivity contribution >= 4 is 17.3 Å². The average Bonchev–Trinajstić information content (AvgIpc) is 3.48. The SMILES string of the molecule is O=C(NC1CCCC1)[C@@H](c1cc2c(cc1[N+](=O)[O-])OCO2)N1CCc2ccccc21. The van der Waals surface area contributed by atoms with Crippen LogP contribution in [0.25, 0.3) is 0 Å². The van der Waals surface area contributed by atoms with E-state index in [-0.39, 0.29) is 24.4 Å². The maximum atomic E-state index is 13.5. The lowest BCUT2D eigenvalue weighted by molar-refractivity contribution is -0.385. The highest BCUT2D eigenvalue weighted by molar-refractivity contribution is 5.89. The molecule has 8 heteroatoms. The van der Waals surface area contributed by atoms with Crippen molar-refractivity contribution in [3.63, 3.8) is 0 Å². The molecule has 2 aliphatic heterocycles. The van der Waals surface area contributed by atoms with Crippen LogP contribution >= 0.6 is 0 Å². The summed E-state index contributed by atoms with van der Waals surface area (Å²) in [4.78, 5) is 27.0. The van der Waals surface area contributed by atoms with Gasteiger partial charge in [-0.2, -0.15) is 0 Å². The van der Waals surface area contributed by atoms with Crippen molar-refractivity contribution in [2.45, 2.75) is 44.2 Å². The van der Waals surface area contributed by atoms with E-state index < -0.39 is 11.0 Å². The minimum Gasteiger partial charge on any atom is -0.454 e. The fraction of sp³-hybridized carbons (Fsp3) is 0.409. The van der Waals surface area contributed by atoms with Gasteiger partial charge < -0.3 is 19.7 Å². The second kappa shape index (κ2) is 7.51. The Labute approximate surface area is 173 Å². The smallest absolute Gasteiger partial charge is 0.279 e. The number of amides is 1. The van der Waals surface area contributed by atoms with Crippen LogP contribution in [0.1, 0.15) is 42.9 Å². The quantitative estimate of drug-likeness (QED) is 0.600. The number of nitro groups is 1. The van der Waals surface area contributed by atoms with Gasteiger partial charge in [0.05, 0.1) is 16.6 Å². The van der Waals surface area contributed by atoms with Gasteiger partial charge in [0.2, 0.25) is 12.7 Å². The molecule has 1 aliphatic carbocycles. The number of hydrogen-bond acceptors (Lipinski definition) is 6. The van der Waals surface area contributed by atoms with Gasteiger partial charge in [-0.3, -0.25) is 14.9 Å². The molecule has 8 nitrogen and oxygen atoms in total. The van der Waals surface area contributed by atoms with Crippen LogP contribution in [-0.4, -0.2) is 30.2 Å². The van der Waals surface area contributed by atoms with Crippen molar-refractivity contribution in [3.8, 4) is 11.5 Å². The zero-order valence-electron chi connectivity index (χ0n) is 16.5. The van der Waals surface area contributed by atoms with Crippen molar-refractivity contribution < 1.29 is 19.2 Å². The largest absolute Gasteiger partial charge is 0.454 e. The van der Waals surface area contributed by atoms with Crippen LogP contribution in [0.3, 0.4) is 0 Å². The molecule has 1 fully saturated rings. The van der Waals surface area contributed by atoms with Gasteiger partial charge in [-0.05, 0) is 37.0 Å². The summed E-state index contributed by atoms with van der Waals surface area (Å²) in [7, 11) is 0. The lowest BCUT2D eigenvalue weighted by Gasteiger charge is -2.30. The van der Waals surface area contributed by atoms with Crippen molar-refractivity contribution in [2.75, 3.05) is 18.2 Å². The molecule has 5 rings (SSSR count). The Balaban J connectivity index is 1.60. The molecule has 1 amide bonds. The molecule has 0 spiro atoms. The Hall–Kier alpha value is -3.29. The molecular formula is C22H23N3O5. The summed E-state index contributed by atoms with van der Waals surface area (Å²) >= 11 is 0. The summed E-state index contributed by atoms with van der Waals surface area (Å²) in [6.45, 7) is 0.634. The molecule has 30 heavy (non-hydrogen) atoms. The number of fused-ring (bicyclic) bond motifs is 2. The fourth-order valence-electron chi connectivity index (χ4n) is 4.76. The van der Waals surface area contributed by atoms with Crippen LogP contribution in [0.4, 0.5) is 11.4 Å². The number of ether oxygens (including phenoxy) is 2. The van der Waals surface area contributed by atoms with E-state index >= 15 is 0 Å². The third kappa shape index (κ3) is 3.22. The predicted octanol–water partition coefficient (Wildman–Crippen LogP) is 3.49.